The summed E-state index contributed by atoms with van der Waals surface area (Å²) in [6.45, 7) is 6.57. The predicted molar refractivity (Wildman–Crippen MR) is 341 cm³/mol. The van der Waals surface area contributed by atoms with Crippen molar-refractivity contribution in [2.75, 3.05) is 0 Å². The van der Waals surface area contributed by atoms with E-state index in [-0.39, 0.29) is 42.6 Å². The van der Waals surface area contributed by atoms with Crippen molar-refractivity contribution in [2.45, 2.75) is 46.5 Å². The summed E-state index contributed by atoms with van der Waals surface area (Å²) in [5.74, 6) is 0.429. The van der Waals surface area contributed by atoms with Gasteiger partial charge >= 0.3 is 0 Å². The number of hydrogen-bond donors (Lipinski definition) is 1. The molecule has 2 atom stereocenters. The third-order valence-corrected chi connectivity index (χ3v) is 18.5. The predicted octanol–water partition coefficient (Wildman–Crippen LogP) is 20.2. The Hall–Kier alpha value is -9.12. The number of carbonyl (C=O) groups excluding carboxylic acids is 1. The van der Waals surface area contributed by atoms with Crippen LogP contribution in [0.15, 0.2) is 260 Å². The number of fused-ring (bicyclic) bond motifs is 4. The third-order valence-electron chi connectivity index (χ3n) is 18.5. The van der Waals surface area contributed by atoms with Gasteiger partial charge in [-0.25, -0.2) is 0 Å². The Kier molecular flexibility index (Phi) is 14.3. The topological polar surface area (TPSA) is 63.1 Å². The molecule has 84 heavy (non-hydrogen) atoms. The summed E-state index contributed by atoms with van der Waals surface area (Å²) < 4.78 is 0. The fraction of sp³-hybridized carbons (Fsp3) is 0.127. The number of aliphatic hydroxyl groups is 1. The molecule has 10 aromatic carbocycles. The maximum absolute atomic E-state index is 14.5. The first-order chi connectivity index (χ1) is 40.6. The van der Waals surface area contributed by atoms with Crippen molar-refractivity contribution >= 4 is 27.3 Å². The standard InChI is InChI=1S/C79H60N2O2.Ir/c1-78(2)72-40-41-79(78,3)77(83)76(72)75(82)39-36-53-24-14-15-29-63(53)60-42-61(64-30-16-18-32-66(64)68-37-34-56(45-70(68)51-20-6-4-7-21-51)73-47-54-25-10-12-27-58(54)49-80-73)44-62(43-60)65-31-17-19-33-67(65)69-38-35-57(46-71(69)52-22-8-5-9-23-52)74-48-55-26-11-13-28-59(55)50-81-74;/h4-33,37-38,42-50,72,83H,36,39-41H2,1-3H3;/q-2;. The second kappa shape index (κ2) is 22.2. The molecule has 5 heteroatoms. The summed E-state index contributed by atoms with van der Waals surface area (Å²) in [7, 11) is 0. The zero-order valence-electron chi connectivity index (χ0n) is 47.2. The number of Topliss-reactive ketones (excluding diaryl/α,β-unsaturated/α-hetero) is 1. The molecule has 2 aliphatic carbocycles. The summed E-state index contributed by atoms with van der Waals surface area (Å²) in [6.07, 6.45) is 6.57. The summed E-state index contributed by atoms with van der Waals surface area (Å²) >= 11 is 0. The number of aryl methyl sites for hydroxylation is 1. The minimum atomic E-state index is -0.378. The van der Waals surface area contributed by atoms with Crippen LogP contribution in [-0.2, 0) is 31.3 Å². The number of aromatic nitrogens is 2. The van der Waals surface area contributed by atoms with Crippen molar-refractivity contribution in [3.8, 4) is 100 Å². The number of aliphatic hydroxyl groups excluding tert-OH is 1. The van der Waals surface area contributed by atoms with E-state index in [1.54, 1.807) is 0 Å². The van der Waals surface area contributed by atoms with Crippen molar-refractivity contribution < 1.29 is 30.0 Å². The van der Waals surface area contributed by atoms with Gasteiger partial charge in [-0.1, -0.05) is 248 Å². The van der Waals surface area contributed by atoms with E-state index in [9.17, 15) is 9.90 Å². The van der Waals surface area contributed by atoms with E-state index >= 15 is 0 Å². The van der Waals surface area contributed by atoms with Crippen LogP contribution in [0.25, 0.3) is 122 Å². The zero-order chi connectivity index (χ0) is 56.2. The number of hydrogen-bond acceptors (Lipinski definition) is 4. The molecule has 14 rings (SSSR count). The number of allylic oxidation sites excluding steroid dienone is 2. The minimum absolute atomic E-state index is 0. The Morgan fingerprint density at radius 3 is 1.36 bits per heavy atom. The maximum Gasteiger partial charge on any atom is 0.162 e. The molecule has 2 bridgehead atoms. The molecule has 4 nitrogen and oxygen atoms in total. The normalized spacial score (nSPS) is 16.0. The Labute approximate surface area is 505 Å². The molecule has 0 aliphatic heterocycles. The molecular formula is C79H60IrN2O2-2. The van der Waals surface area contributed by atoms with Crippen molar-refractivity contribution in [1.29, 1.82) is 0 Å². The summed E-state index contributed by atoms with van der Waals surface area (Å²) in [5.41, 5.74) is 19.7. The first-order valence-corrected chi connectivity index (χ1v) is 28.9. The number of carbonyl (C=O) groups is 1. The Morgan fingerprint density at radius 1 is 0.464 bits per heavy atom. The summed E-state index contributed by atoms with van der Waals surface area (Å²) in [4.78, 5) is 24.3. The van der Waals surface area contributed by atoms with Gasteiger partial charge in [0.05, 0.1) is 0 Å². The van der Waals surface area contributed by atoms with E-state index < -0.39 is 0 Å². The van der Waals surface area contributed by atoms with Crippen LogP contribution in [-0.4, -0.2) is 20.9 Å². The van der Waals surface area contributed by atoms with Gasteiger partial charge in [-0.15, -0.1) is 47.5 Å². The molecule has 12 aromatic rings. The first-order valence-electron chi connectivity index (χ1n) is 28.9. The van der Waals surface area contributed by atoms with Gasteiger partial charge in [-0.2, -0.15) is 0 Å². The van der Waals surface area contributed by atoms with Crippen LogP contribution in [0.3, 0.4) is 0 Å². The van der Waals surface area contributed by atoms with Gasteiger partial charge < -0.3 is 15.1 Å². The molecule has 1 fully saturated rings. The van der Waals surface area contributed by atoms with Gasteiger partial charge in [0, 0.05) is 49.9 Å². The molecule has 1 saturated carbocycles. The number of nitrogens with zero attached hydrogens (tertiary/aromatic N) is 2. The van der Waals surface area contributed by atoms with Crippen LogP contribution < -0.4 is 0 Å². The zero-order valence-corrected chi connectivity index (χ0v) is 49.6. The maximum atomic E-state index is 14.5. The van der Waals surface area contributed by atoms with Crippen molar-refractivity contribution in [3.63, 3.8) is 0 Å². The molecule has 2 aromatic heterocycles. The Balaban J connectivity index is 0.00000658. The van der Waals surface area contributed by atoms with Crippen LogP contribution >= 0.6 is 0 Å². The van der Waals surface area contributed by atoms with Crippen LogP contribution in [0.5, 0.6) is 0 Å². The molecule has 1 N–H and O–H groups in total. The van der Waals surface area contributed by atoms with Gasteiger partial charge in [-0.05, 0) is 132 Å². The molecular weight excluding hydrogens is 1200 g/mol. The molecule has 2 heterocycles. The van der Waals surface area contributed by atoms with E-state index in [2.05, 4.69) is 257 Å². The SMILES string of the molecule is CC12CCC(C(C(=O)CCc3ccccc3-c3cc(-c4ccccc4-c4c[c-]c(-c5cc6ccccc6cn5)cc4-c4ccccc4)cc(-c4ccccc4-c4c[c-]c(-c5cc6ccccc6cn5)cc4-c4ccccc4)c3)=C1O)C2(C)C.[Ir]. The second-order valence-corrected chi connectivity index (χ2v) is 23.3. The third kappa shape index (κ3) is 9.62. The number of ketones is 1. The van der Waals surface area contributed by atoms with Crippen LogP contribution in [0.4, 0.5) is 0 Å². The summed E-state index contributed by atoms with van der Waals surface area (Å²) in [5, 5.41) is 16.1. The van der Waals surface area contributed by atoms with Gasteiger partial charge in [0.25, 0.3) is 0 Å². The monoisotopic (exact) mass is 1260 g/mol. The van der Waals surface area contributed by atoms with Crippen LogP contribution in [0, 0.1) is 28.9 Å². The smallest absolute Gasteiger partial charge is 0.162 e. The minimum Gasteiger partial charge on any atom is -0.511 e. The van der Waals surface area contributed by atoms with Gasteiger partial charge in [0.2, 0.25) is 0 Å². The van der Waals surface area contributed by atoms with E-state index in [4.69, 9.17) is 9.97 Å². The van der Waals surface area contributed by atoms with Crippen LogP contribution in [0.1, 0.15) is 45.6 Å². The average Bonchev–Trinajstić information content (AvgIpc) is 2.74. The fourth-order valence-corrected chi connectivity index (χ4v) is 13.6. The van der Waals surface area contributed by atoms with E-state index in [1.165, 1.54) is 0 Å². The number of benzene rings is 10. The molecule has 1 radical (unpaired) electrons. The average molecular weight is 1260 g/mol. The van der Waals surface area contributed by atoms with Crippen molar-refractivity contribution in [1.82, 2.24) is 9.97 Å². The molecule has 0 saturated heterocycles. The quantitative estimate of drug-likeness (QED) is 0.117. The van der Waals surface area contributed by atoms with Crippen molar-refractivity contribution in [2.24, 2.45) is 16.7 Å². The van der Waals surface area contributed by atoms with E-state index in [1.807, 2.05) is 24.5 Å². The molecule has 409 valence electrons. The van der Waals surface area contributed by atoms with E-state index in [0.717, 1.165) is 140 Å². The summed E-state index contributed by atoms with van der Waals surface area (Å²) in [6, 6.07) is 91.4. The van der Waals surface area contributed by atoms with Gasteiger partial charge in [-0.3, -0.25) is 4.79 Å². The number of pyridine rings is 2. The van der Waals surface area contributed by atoms with Crippen molar-refractivity contribution in [3.05, 3.63) is 278 Å². The van der Waals surface area contributed by atoms with E-state index in [0.29, 0.717) is 24.2 Å². The van der Waals surface area contributed by atoms with Gasteiger partial charge in [0.15, 0.2) is 5.78 Å². The molecule has 0 amide bonds. The van der Waals surface area contributed by atoms with Gasteiger partial charge in [0.1, 0.15) is 5.76 Å². The Bertz CT molecular complexity index is 4320. The second-order valence-electron chi connectivity index (χ2n) is 23.3. The molecule has 2 aliphatic rings. The number of rotatable bonds is 13. The first kappa shape index (κ1) is 54.1. The molecule has 0 spiro atoms. The Morgan fingerprint density at radius 2 is 0.881 bits per heavy atom. The largest absolute Gasteiger partial charge is 0.511 e. The fourth-order valence-electron chi connectivity index (χ4n) is 13.6. The van der Waals surface area contributed by atoms with Crippen LogP contribution in [0.2, 0.25) is 0 Å². The molecule has 2 unspecified atom stereocenters.